The van der Waals surface area contributed by atoms with Crippen LogP contribution in [0.2, 0.25) is 5.02 Å². The topological polar surface area (TPSA) is 92.5 Å². The molecule has 1 heterocycles. The Morgan fingerprint density at radius 3 is 2.62 bits per heavy atom. The summed E-state index contributed by atoms with van der Waals surface area (Å²) in [4.78, 5) is 34.0. The molecule has 1 aromatic carbocycles. The minimum Gasteiger partial charge on any atom is -0.324 e. The number of anilines is 1. The summed E-state index contributed by atoms with van der Waals surface area (Å²) in [6.07, 6.45) is -4.74. The zero-order chi connectivity index (χ0) is 18.1. The predicted octanol–water partition coefficient (Wildman–Crippen LogP) is 2.74. The number of nitrogens with zero attached hydrogens (tertiary/aromatic N) is 2. The lowest BCUT2D eigenvalue weighted by Crippen LogP contribution is -2.48. The maximum atomic E-state index is 12.5. The van der Waals surface area contributed by atoms with Crippen LogP contribution in [0, 0.1) is 10.1 Å². The van der Waals surface area contributed by atoms with Crippen molar-refractivity contribution in [3.63, 3.8) is 0 Å². The Morgan fingerprint density at radius 1 is 1.38 bits per heavy atom. The van der Waals surface area contributed by atoms with Crippen molar-refractivity contribution in [3.05, 3.63) is 33.3 Å². The number of carbonyl (C=O) groups is 2. The van der Waals surface area contributed by atoms with E-state index in [1.54, 1.807) is 0 Å². The Kier molecular flexibility index (Phi) is 4.97. The van der Waals surface area contributed by atoms with Crippen molar-refractivity contribution in [2.75, 3.05) is 11.9 Å². The normalized spacial score (nSPS) is 17.7. The number of alkyl halides is 3. The maximum absolute atomic E-state index is 12.5. The van der Waals surface area contributed by atoms with Crippen molar-refractivity contribution in [1.82, 2.24) is 4.90 Å². The van der Waals surface area contributed by atoms with E-state index in [-0.39, 0.29) is 30.1 Å². The first-order chi connectivity index (χ1) is 11.1. The summed E-state index contributed by atoms with van der Waals surface area (Å²) in [5.41, 5.74) is -0.452. The number of nitro benzene ring substituents is 1. The second-order valence-electron chi connectivity index (χ2n) is 5.07. The Morgan fingerprint density at radius 2 is 2.04 bits per heavy atom. The molecule has 1 saturated heterocycles. The van der Waals surface area contributed by atoms with E-state index >= 15 is 0 Å². The summed E-state index contributed by atoms with van der Waals surface area (Å²) in [6, 6.07) is 2.17. The molecule has 1 aliphatic heterocycles. The highest BCUT2D eigenvalue weighted by molar-refractivity contribution is 6.32. The number of halogens is 4. The second-order valence-corrected chi connectivity index (χ2v) is 5.47. The Hall–Kier alpha value is -2.36. The molecule has 2 rings (SSSR count). The monoisotopic (exact) mass is 365 g/mol. The van der Waals surface area contributed by atoms with Gasteiger partial charge in [-0.15, -0.1) is 0 Å². The third-order valence-corrected chi connectivity index (χ3v) is 3.79. The van der Waals surface area contributed by atoms with Gasteiger partial charge in [0, 0.05) is 18.3 Å². The molecule has 0 spiro atoms. The lowest BCUT2D eigenvalue weighted by atomic mass is 10.2. The number of benzene rings is 1. The smallest absolute Gasteiger partial charge is 0.324 e. The molecule has 0 radical (unpaired) electrons. The number of rotatable bonds is 3. The third kappa shape index (κ3) is 3.75. The number of hydrogen-bond acceptors (Lipinski definition) is 4. The van der Waals surface area contributed by atoms with Crippen molar-refractivity contribution >= 4 is 34.8 Å². The van der Waals surface area contributed by atoms with Gasteiger partial charge in [-0.05, 0) is 25.0 Å². The van der Waals surface area contributed by atoms with Crippen LogP contribution in [-0.2, 0) is 9.59 Å². The van der Waals surface area contributed by atoms with Crippen LogP contribution in [0.3, 0.4) is 0 Å². The van der Waals surface area contributed by atoms with Crippen LogP contribution in [0.4, 0.5) is 24.5 Å². The summed E-state index contributed by atoms with van der Waals surface area (Å²) in [5.74, 6) is -2.93. The van der Waals surface area contributed by atoms with E-state index in [2.05, 4.69) is 5.32 Å². The van der Waals surface area contributed by atoms with Crippen LogP contribution < -0.4 is 5.32 Å². The fourth-order valence-electron chi connectivity index (χ4n) is 2.40. The number of carbonyl (C=O) groups excluding carboxylic acids is 2. The van der Waals surface area contributed by atoms with E-state index in [9.17, 15) is 32.9 Å². The Balaban J connectivity index is 2.16. The molecular formula is C13H11ClF3N3O4. The fourth-order valence-corrected chi connectivity index (χ4v) is 2.59. The van der Waals surface area contributed by atoms with Gasteiger partial charge >= 0.3 is 12.1 Å². The Labute approximate surface area is 138 Å². The summed E-state index contributed by atoms with van der Waals surface area (Å²) in [6.45, 7) is -0.183. The molecule has 0 aromatic heterocycles. The van der Waals surface area contributed by atoms with E-state index in [0.29, 0.717) is 4.90 Å². The maximum Gasteiger partial charge on any atom is 0.471 e. The van der Waals surface area contributed by atoms with Crippen molar-refractivity contribution in [2.24, 2.45) is 0 Å². The zero-order valence-corrected chi connectivity index (χ0v) is 12.7. The van der Waals surface area contributed by atoms with Gasteiger partial charge in [0.05, 0.1) is 4.92 Å². The summed E-state index contributed by atoms with van der Waals surface area (Å²) >= 11 is 5.64. The van der Waals surface area contributed by atoms with Gasteiger partial charge in [-0.1, -0.05) is 11.6 Å². The molecule has 0 saturated carbocycles. The molecule has 24 heavy (non-hydrogen) atoms. The molecule has 0 bridgehead atoms. The minimum absolute atomic E-state index is 0.00223. The summed E-state index contributed by atoms with van der Waals surface area (Å²) in [7, 11) is 0. The average Bonchev–Trinajstić information content (AvgIpc) is 2.96. The molecule has 130 valence electrons. The highest BCUT2D eigenvalue weighted by Gasteiger charge is 2.47. The molecule has 2 amide bonds. The molecule has 1 atom stereocenters. The van der Waals surface area contributed by atoms with Crippen LogP contribution >= 0.6 is 11.6 Å². The van der Waals surface area contributed by atoms with Crippen LogP contribution in [0.25, 0.3) is 0 Å². The van der Waals surface area contributed by atoms with Crippen molar-refractivity contribution in [2.45, 2.75) is 25.1 Å². The Bertz CT molecular complexity index is 696. The minimum atomic E-state index is -5.07. The molecule has 1 fully saturated rings. The summed E-state index contributed by atoms with van der Waals surface area (Å²) < 4.78 is 37.6. The van der Waals surface area contributed by atoms with Gasteiger partial charge in [0.25, 0.3) is 5.69 Å². The molecule has 1 N–H and O–H groups in total. The van der Waals surface area contributed by atoms with E-state index < -0.39 is 34.6 Å². The van der Waals surface area contributed by atoms with E-state index in [0.717, 1.165) is 6.07 Å². The number of hydrogen-bond donors (Lipinski definition) is 1. The zero-order valence-electron chi connectivity index (χ0n) is 12.0. The van der Waals surface area contributed by atoms with Gasteiger partial charge in [-0.2, -0.15) is 13.2 Å². The van der Waals surface area contributed by atoms with E-state index in [4.69, 9.17) is 11.6 Å². The average molecular weight is 366 g/mol. The highest BCUT2D eigenvalue weighted by atomic mass is 35.5. The predicted molar refractivity (Wildman–Crippen MR) is 77.5 cm³/mol. The molecule has 1 aliphatic rings. The van der Waals surface area contributed by atoms with E-state index in [1.807, 2.05) is 0 Å². The van der Waals surface area contributed by atoms with E-state index in [1.165, 1.54) is 12.1 Å². The number of nitro groups is 1. The van der Waals surface area contributed by atoms with Crippen LogP contribution in [0.15, 0.2) is 18.2 Å². The molecule has 11 heteroatoms. The molecule has 0 aliphatic carbocycles. The highest BCUT2D eigenvalue weighted by Crippen LogP contribution is 2.29. The number of amides is 2. The SMILES string of the molecule is O=C(Nc1ccc(Cl)c([N+](=O)[O-])c1)C1CCCN1C(=O)C(F)(F)F. The van der Waals surface area contributed by atoms with Crippen molar-refractivity contribution in [1.29, 1.82) is 0 Å². The van der Waals surface area contributed by atoms with Crippen LogP contribution in [0.1, 0.15) is 12.8 Å². The van der Waals surface area contributed by atoms with Gasteiger partial charge in [0.1, 0.15) is 11.1 Å². The molecule has 1 unspecified atom stereocenters. The second kappa shape index (κ2) is 6.63. The summed E-state index contributed by atoms with van der Waals surface area (Å²) in [5, 5.41) is 12.9. The molecule has 1 aromatic rings. The largest absolute Gasteiger partial charge is 0.471 e. The first kappa shape index (κ1) is 18.0. The van der Waals surface area contributed by atoms with Gasteiger partial charge in [0.2, 0.25) is 5.91 Å². The lowest BCUT2D eigenvalue weighted by Gasteiger charge is -2.24. The quantitative estimate of drug-likeness (QED) is 0.658. The lowest BCUT2D eigenvalue weighted by molar-refractivity contribution is -0.384. The fraction of sp³-hybridized carbons (Fsp3) is 0.385. The van der Waals surface area contributed by atoms with Crippen molar-refractivity contribution < 1.29 is 27.7 Å². The van der Waals surface area contributed by atoms with Gasteiger partial charge < -0.3 is 10.2 Å². The number of likely N-dealkylation sites (tertiary alicyclic amines) is 1. The van der Waals surface area contributed by atoms with Gasteiger partial charge in [0.15, 0.2) is 0 Å². The van der Waals surface area contributed by atoms with Crippen molar-refractivity contribution in [3.8, 4) is 0 Å². The molecular weight excluding hydrogens is 355 g/mol. The molecule has 7 nitrogen and oxygen atoms in total. The first-order valence-electron chi connectivity index (χ1n) is 6.74. The third-order valence-electron chi connectivity index (χ3n) is 3.47. The van der Waals surface area contributed by atoms with Crippen LogP contribution in [-0.4, -0.2) is 40.4 Å². The number of nitrogens with one attached hydrogen (secondary N) is 1. The van der Waals surface area contributed by atoms with Crippen LogP contribution in [0.5, 0.6) is 0 Å². The standard InChI is InChI=1S/C13H11ClF3N3O4/c14-8-4-3-7(6-10(8)20(23)24)18-11(21)9-2-1-5-19(9)12(22)13(15,16)17/h3-4,6,9H,1-2,5H2,(H,18,21). The van der Waals surface area contributed by atoms with Gasteiger partial charge in [-0.25, -0.2) is 0 Å². The first-order valence-corrected chi connectivity index (χ1v) is 7.11. The van der Waals surface area contributed by atoms with Gasteiger partial charge in [-0.3, -0.25) is 19.7 Å².